The van der Waals surface area contributed by atoms with E-state index in [2.05, 4.69) is 6.07 Å². The van der Waals surface area contributed by atoms with Crippen molar-refractivity contribution in [3.05, 3.63) is 85.5 Å². The van der Waals surface area contributed by atoms with Gasteiger partial charge in [0.2, 0.25) is 5.91 Å². The van der Waals surface area contributed by atoms with E-state index in [1.54, 1.807) is 59.7 Å². The van der Waals surface area contributed by atoms with Gasteiger partial charge in [0, 0.05) is 33.1 Å². The molecule has 0 spiro atoms. The van der Waals surface area contributed by atoms with Gasteiger partial charge in [-0.1, -0.05) is 42.3 Å². The molecule has 1 aromatic heterocycles. The molecule has 8 heteroatoms. The van der Waals surface area contributed by atoms with Gasteiger partial charge in [-0.15, -0.1) is 11.3 Å². The van der Waals surface area contributed by atoms with Gasteiger partial charge in [0.25, 0.3) is 5.91 Å². The van der Waals surface area contributed by atoms with Crippen molar-refractivity contribution < 1.29 is 14.3 Å². The Bertz CT molecular complexity index is 1230. The highest BCUT2D eigenvalue weighted by atomic mass is 35.5. The summed E-state index contributed by atoms with van der Waals surface area (Å²) in [5, 5.41) is 3.11. The lowest BCUT2D eigenvalue weighted by atomic mass is 9.93. The van der Waals surface area contributed by atoms with Crippen molar-refractivity contribution in [1.29, 1.82) is 0 Å². The highest BCUT2D eigenvalue weighted by Gasteiger charge is 2.35. The number of carbonyl (C=O) groups is 2. The fourth-order valence-electron chi connectivity index (χ4n) is 4.45. The summed E-state index contributed by atoms with van der Waals surface area (Å²) in [5.74, 6) is 0.292. The fourth-order valence-corrected chi connectivity index (χ4v) is 5.87. The molecule has 1 aliphatic rings. The van der Waals surface area contributed by atoms with Crippen LogP contribution >= 0.6 is 34.5 Å². The Kier molecular flexibility index (Phi) is 8.05. The molecular weight excluding hydrogens is 503 g/mol. The van der Waals surface area contributed by atoms with Crippen LogP contribution in [0.25, 0.3) is 0 Å². The van der Waals surface area contributed by atoms with Gasteiger partial charge in [-0.3, -0.25) is 9.59 Å². The Morgan fingerprint density at radius 1 is 1.17 bits per heavy atom. The molecule has 184 valence electrons. The van der Waals surface area contributed by atoms with Crippen molar-refractivity contribution >= 4 is 46.4 Å². The van der Waals surface area contributed by atoms with Crippen molar-refractivity contribution in [3.63, 3.8) is 0 Å². The number of nitrogens with zero attached hydrogens (tertiary/aromatic N) is 2. The maximum absolute atomic E-state index is 13.8. The van der Waals surface area contributed by atoms with Crippen LogP contribution in [0.3, 0.4) is 0 Å². The average Bonchev–Trinajstić information content (AvgIpc) is 3.35. The molecule has 0 saturated carbocycles. The number of halogens is 2. The largest absolute Gasteiger partial charge is 0.497 e. The van der Waals surface area contributed by atoms with Gasteiger partial charge in [0.15, 0.2) is 0 Å². The number of carbonyl (C=O) groups excluding carboxylic acids is 2. The first-order chi connectivity index (χ1) is 16.8. The van der Waals surface area contributed by atoms with Crippen molar-refractivity contribution in [2.75, 3.05) is 20.2 Å². The number of amides is 2. The van der Waals surface area contributed by atoms with Crippen LogP contribution in [0.15, 0.2) is 53.9 Å². The fraction of sp³-hybridized carbons (Fsp3) is 0.333. The van der Waals surface area contributed by atoms with Crippen LogP contribution in [0.4, 0.5) is 0 Å². The van der Waals surface area contributed by atoms with Gasteiger partial charge in [-0.2, -0.15) is 0 Å². The van der Waals surface area contributed by atoms with E-state index in [-0.39, 0.29) is 30.4 Å². The number of fused-ring (bicyclic) bond motifs is 1. The molecule has 0 saturated heterocycles. The Morgan fingerprint density at radius 3 is 2.69 bits per heavy atom. The van der Waals surface area contributed by atoms with E-state index < -0.39 is 0 Å². The quantitative estimate of drug-likeness (QED) is 0.351. The summed E-state index contributed by atoms with van der Waals surface area (Å²) >= 11 is 14.5. The molecular formula is C27H28Cl2N2O3S. The second kappa shape index (κ2) is 11.0. The minimum Gasteiger partial charge on any atom is -0.497 e. The zero-order valence-electron chi connectivity index (χ0n) is 20.0. The summed E-state index contributed by atoms with van der Waals surface area (Å²) < 4.78 is 5.29. The maximum atomic E-state index is 13.8. The van der Waals surface area contributed by atoms with Crippen molar-refractivity contribution in [2.24, 2.45) is 0 Å². The number of benzene rings is 2. The molecule has 5 nitrogen and oxygen atoms in total. The van der Waals surface area contributed by atoms with Crippen LogP contribution in [-0.2, 0) is 11.2 Å². The molecule has 0 fully saturated rings. The first-order valence-corrected chi connectivity index (χ1v) is 13.2. The number of hydrogen-bond donors (Lipinski definition) is 0. The van der Waals surface area contributed by atoms with E-state index >= 15 is 0 Å². The first kappa shape index (κ1) is 25.5. The highest BCUT2D eigenvalue weighted by Crippen LogP contribution is 2.41. The number of ether oxygens (including phenoxy) is 1. The smallest absolute Gasteiger partial charge is 0.254 e. The molecule has 0 aliphatic carbocycles. The second-order valence-electron chi connectivity index (χ2n) is 8.63. The van der Waals surface area contributed by atoms with Gasteiger partial charge in [0.1, 0.15) is 12.3 Å². The Morgan fingerprint density at radius 2 is 1.97 bits per heavy atom. The lowest BCUT2D eigenvalue weighted by Gasteiger charge is -2.38. The van der Waals surface area contributed by atoms with E-state index in [0.717, 1.165) is 24.0 Å². The monoisotopic (exact) mass is 530 g/mol. The topological polar surface area (TPSA) is 49.9 Å². The Hall–Kier alpha value is -2.54. The highest BCUT2D eigenvalue weighted by molar-refractivity contribution is 7.10. The second-order valence-corrected chi connectivity index (χ2v) is 10.5. The summed E-state index contributed by atoms with van der Waals surface area (Å²) in [6.07, 6.45) is 1.50. The summed E-state index contributed by atoms with van der Waals surface area (Å²) in [6.45, 7) is 4.51. The average molecular weight is 532 g/mol. The molecule has 2 aromatic carbocycles. The normalized spacial score (nSPS) is 15.9. The number of rotatable bonds is 7. The van der Waals surface area contributed by atoms with Crippen LogP contribution < -0.4 is 4.74 Å². The molecule has 2 atom stereocenters. The third-order valence-corrected chi connectivity index (χ3v) is 8.11. The van der Waals surface area contributed by atoms with Gasteiger partial charge in [-0.05, 0) is 72.7 Å². The predicted molar refractivity (Wildman–Crippen MR) is 142 cm³/mol. The predicted octanol–water partition coefficient (Wildman–Crippen LogP) is 6.48. The van der Waals surface area contributed by atoms with E-state index in [1.807, 2.05) is 30.2 Å². The zero-order valence-corrected chi connectivity index (χ0v) is 22.3. The van der Waals surface area contributed by atoms with Gasteiger partial charge in [-0.25, -0.2) is 0 Å². The van der Waals surface area contributed by atoms with Crippen LogP contribution in [0.2, 0.25) is 10.0 Å². The lowest BCUT2D eigenvalue weighted by molar-refractivity contribution is -0.134. The van der Waals surface area contributed by atoms with E-state index in [1.165, 1.54) is 4.88 Å². The summed E-state index contributed by atoms with van der Waals surface area (Å²) in [5.41, 5.74) is 2.40. The first-order valence-electron chi connectivity index (χ1n) is 11.6. The van der Waals surface area contributed by atoms with E-state index in [4.69, 9.17) is 27.9 Å². The molecule has 0 radical (unpaired) electrons. The Labute approximate surface area is 220 Å². The van der Waals surface area contributed by atoms with Crippen LogP contribution in [0.5, 0.6) is 5.75 Å². The molecule has 2 heterocycles. The third-order valence-electron chi connectivity index (χ3n) is 6.55. The molecule has 3 aromatic rings. The molecule has 0 N–H and O–H groups in total. The molecule has 0 bridgehead atoms. The molecule has 1 aliphatic heterocycles. The zero-order chi connectivity index (χ0) is 25.1. The van der Waals surface area contributed by atoms with Crippen molar-refractivity contribution in [3.8, 4) is 5.75 Å². The maximum Gasteiger partial charge on any atom is 0.254 e. The van der Waals surface area contributed by atoms with E-state index in [9.17, 15) is 9.59 Å². The van der Waals surface area contributed by atoms with Gasteiger partial charge >= 0.3 is 0 Å². The minimum atomic E-state index is -0.326. The summed E-state index contributed by atoms with van der Waals surface area (Å²) in [6, 6.07) is 14.0. The number of hydrogen-bond acceptors (Lipinski definition) is 4. The molecule has 2 amide bonds. The van der Waals surface area contributed by atoms with Crippen LogP contribution in [0, 0.1) is 0 Å². The van der Waals surface area contributed by atoms with Crippen molar-refractivity contribution in [1.82, 2.24) is 9.80 Å². The van der Waals surface area contributed by atoms with Crippen LogP contribution in [-0.4, -0.2) is 47.9 Å². The Balaban J connectivity index is 1.66. The third kappa shape index (κ3) is 5.35. The number of methoxy groups -OCH3 is 1. The van der Waals surface area contributed by atoms with E-state index in [0.29, 0.717) is 27.9 Å². The lowest BCUT2D eigenvalue weighted by Crippen LogP contribution is -2.49. The molecule has 35 heavy (non-hydrogen) atoms. The summed E-state index contributed by atoms with van der Waals surface area (Å²) in [4.78, 5) is 32.1. The minimum absolute atomic E-state index is 0.0216. The molecule has 2 unspecified atom stereocenters. The van der Waals surface area contributed by atoms with Gasteiger partial charge < -0.3 is 14.5 Å². The van der Waals surface area contributed by atoms with Crippen molar-refractivity contribution in [2.45, 2.75) is 38.8 Å². The van der Waals surface area contributed by atoms with Gasteiger partial charge in [0.05, 0.1) is 13.2 Å². The van der Waals surface area contributed by atoms with Crippen LogP contribution in [0.1, 0.15) is 52.7 Å². The SMILES string of the molecule is CCC(C)N(CC(=O)N1CCc2sccc2C1c1ccc(Cl)cc1Cl)C(=O)c1cccc(OC)c1. The molecule has 4 rings (SSSR count). The standard InChI is InChI=1S/C27H28Cl2N2O3S/c1-4-17(2)31(27(33)18-6-5-7-20(14-18)34-3)16-25(32)30-12-10-24-22(11-13-35-24)26(30)21-9-8-19(28)15-23(21)29/h5-9,11,13-15,17,26H,4,10,12,16H2,1-3H3. The number of thiophene rings is 1. The summed E-state index contributed by atoms with van der Waals surface area (Å²) in [7, 11) is 1.57.